The lowest BCUT2D eigenvalue weighted by molar-refractivity contribution is -0.275. The molecule has 1 aromatic carbocycles. The first-order valence-corrected chi connectivity index (χ1v) is 7.41. The minimum absolute atomic E-state index is 0.202. The lowest BCUT2D eigenvalue weighted by Crippen LogP contribution is -2.25. The summed E-state index contributed by atoms with van der Waals surface area (Å²) in [7, 11) is 0. The molecule has 0 aliphatic heterocycles. The van der Waals surface area contributed by atoms with E-state index < -0.39 is 12.4 Å². The first kappa shape index (κ1) is 15.8. The van der Waals surface area contributed by atoms with Crippen LogP contribution in [0.3, 0.4) is 0 Å². The van der Waals surface area contributed by atoms with Crippen molar-refractivity contribution >= 4 is 11.3 Å². The molecule has 0 saturated heterocycles. The summed E-state index contributed by atoms with van der Waals surface area (Å²) in [5, 5.41) is 5.03. The van der Waals surface area contributed by atoms with Gasteiger partial charge in [0.05, 0.1) is 17.2 Å². The summed E-state index contributed by atoms with van der Waals surface area (Å²) in [6, 6.07) is 5.72. The number of halogens is 3. The zero-order valence-electron chi connectivity index (χ0n) is 11.4. The fourth-order valence-electron chi connectivity index (χ4n) is 1.96. The first-order chi connectivity index (χ1) is 10.0. The van der Waals surface area contributed by atoms with Crippen LogP contribution >= 0.6 is 11.3 Å². The van der Waals surface area contributed by atoms with Gasteiger partial charge < -0.3 is 10.1 Å². The molecule has 0 fully saturated rings. The van der Waals surface area contributed by atoms with E-state index in [4.69, 9.17) is 0 Å². The van der Waals surface area contributed by atoms with Gasteiger partial charge in [0.2, 0.25) is 0 Å². The molecule has 1 heterocycles. The largest absolute Gasteiger partial charge is 0.573 e. The van der Waals surface area contributed by atoms with Gasteiger partial charge in [0, 0.05) is 10.9 Å². The molecule has 1 unspecified atom stereocenters. The van der Waals surface area contributed by atoms with Crippen molar-refractivity contribution in [2.75, 3.05) is 6.54 Å². The number of para-hydroxylation sites is 1. The first-order valence-electron chi connectivity index (χ1n) is 6.47. The van der Waals surface area contributed by atoms with Crippen molar-refractivity contribution < 1.29 is 17.9 Å². The summed E-state index contributed by atoms with van der Waals surface area (Å²) < 4.78 is 41.7. The van der Waals surface area contributed by atoms with E-state index >= 15 is 0 Å². The average Bonchev–Trinajstić information content (AvgIpc) is 2.93. The van der Waals surface area contributed by atoms with E-state index in [1.54, 1.807) is 17.6 Å². The van der Waals surface area contributed by atoms with Gasteiger partial charge in [-0.15, -0.1) is 24.5 Å². The predicted octanol–water partition coefficient (Wildman–Crippen LogP) is 4.13. The van der Waals surface area contributed by atoms with E-state index in [1.807, 2.05) is 12.3 Å². The maximum atomic E-state index is 12.5. The number of alkyl halides is 3. The molecule has 0 saturated carbocycles. The number of benzene rings is 1. The van der Waals surface area contributed by atoms with Gasteiger partial charge in [0.15, 0.2) is 0 Å². The molecular formula is C14H15F3N2OS. The third kappa shape index (κ3) is 4.44. The third-order valence-electron chi connectivity index (χ3n) is 2.80. The van der Waals surface area contributed by atoms with Crippen LogP contribution < -0.4 is 10.1 Å². The van der Waals surface area contributed by atoms with E-state index in [2.05, 4.69) is 15.0 Å². The number of nitrogens with zero attached hydrogens (tertiary/aromatic N) is 1. The van der Waals surface area contributed by atoms with Gasteiger partial charge in [0.25, 0.3) is 0 Å². The van der Waals surface area contributed by atoms with Gasteiger partial charge in [-0.3, -0.25) is 0 Å². The molecule has 114 valence electrons. The van der Waals surface area contributed by atoms with E-state index in [9.17, 15) is 13.2 Å². The topological polar surface area (TPSA) is 34.2 Å². The van der Waals surface area contributed by atoms with Crippen molar-refractivity contribution in [2.24, 2.45) is 0 Å². The maximum absolute atomic E-state index is 12.5. The summed E-state index contributed by atoms with van der Waals surface area (Å²) in [5.74, 6) is -0.202. The Kier molecular flexibility index (Phi) is 5.19. The summed E-state index contributed by atoms with van der Waals surface area (Å²) in [4.78, 5) is 4.20. The standard InChI is InChI=1S/C14H15F3N2OS/c1-2-7-18-13(11-8-21-9-19-11)10-5-3-4-6-12(10)20-14(15,16)17/h3-6,8-9,13,18H,2,7H2,1H3. The minimum Gasteiger partial charge on any atom is -0.405 e. The molecule has 2 aromatic rings. The molecule has 0 spiro atoms. The molecule has 21 heavy (non-hydrogen) atoms. The van der Waals surface area contributed by atoms with Crippen LogP contribution in [0.5, 0.6) is 5.75 Å². The lowest BCUT2D eigenvalue weighted by Gasteiger charge is -2.21. The van der Waals surface area contributed by atoms with E-state index in [0.29, 0.717) is 17.8 Å². The Morgan fingerprint density at radius 3 is 2.71 bits per heavy atom. The number of rotatable bonds is 6. The van der Waals surface area contributed by atoms with Crippen LogP contribution in [0.15, 0.2) is 35.2 Å². The molecule has 0 bridgehead atoms. The minimum atomic E-state index is -4.71. The Labute approximate surface area is 124 Å². The van der Waals surface area contributed by atoms with Crippen molar-refractivity contribution in [2.45, 2.75) is 25.7 Å². The second kappa shape index (κ2) is 6.91. The predicted molar refractivity (Wildman–Crippen MR) is 75.4 cm³/mol. The molecule has 3 nitrogen and oxygen atoms in total. The summed E-state index contributed by atoms with van der Waals surface area (Å²) in [5.41, 5.74) is 2.77. The Morgan fingerprint density at radius 1 is 1.33 bits per heavy atom. The smallest absolute Gasteiger partial charge is 0.405 e. The van der Waals surface area contributed by atoms with Crippen LogP contribution in [0.4, 0.5) is 13.2 Å². The van der Waals surface area contributed by atoms with Gasteiger partial charge >= 0.3 is 6.36 Å². The van der Waals surface area contributed by atoms with E-state index in [-0.39, 0.29) is 5.75 Å². The zero-order chi connectivity index (χ0) is 15.3. The van der Waals surface area contributed by atoms with Crippen molar-refractivity contribution in [3.63, 3.8) is 0 Å². The molecule has 2 rings (SSSR count). The van der Waals surface area contributed by atoms with Gasteiger partial charge in [-0.1, -0.05) is 25.1 Å². The number of ether oxygens (including phenoxy) is 1. The SMILES string of the molecule is CCCNC(c1cscn1)c1ccccc1OC(F)(F)F. The number of hydrogen-bond acceptors (Lipinski definition) is 4. The number of aromatic nitrogens is 1. The molecular weight excluding hydrogens is 301 g/mol. The monoisotopic (exact) mass is 316 g/mol. The molecule has 0 radical (unpaired) electrons. The summed E-state index contributed by atoms with van der Waals surface area (Å²) in [6.07, 6.45) is -3.85. The van der Waals surface area contributed by atoms with Gasteiger partial charge in [-0.05, 0) is 19.0 Å². The van der Waals surface area contributed by atoms with Crippen LogP contribution in [0.1, 0.15) is 30.6 Å². The zero-order valence-corrected chi connectivity index (χ0v) is 12.2. The number of hydrogen-bond donors (Lipinski definition) is 1. The van der Waals surface area contributed by atoms with Crippen LogP contribution in [-0.4, -0.2) is 17.9 Å². The van der Waals surface area contributed by atoms with Gasteiger partial charge in [0.1, 0.15) is 5.75 Å². The van der Waals surface area contributed by atoms with Crippen molar-refractivity contribution in [1.29, 1.82) is 0 Å². The molecule has 0 aliphatic carbocycles. The van der Waals surface area contributed by atoms with Gasteiger partial charge in [-0.25, -0.2) is 4.98 Å². The Bertz CT molecular complexity index is 558. The Morgan fingerprint density at radius 2 is 2.10 bits per heavy atom. The fraction of sp³-hybridized carbons (Fsp3) is 0.357. The number of nitrogens with one attached hydrogen (secondary N) is 1. The highest BCUT2D eigenvalue weighted by molar-refractivity contribution is 7.07. The molecule has 1 atom stereocenters. The normalized spacial score (nSPS) is 13.1. The average molecular weight is 316 g/mol. The number of thiazole rings is 1. The molecule has 0 amide bonds. The summed E-state index contributed by atoms with van der Waals surface area (Å²) in [6.45, 7) is 2.66. The third-order valence-corrected chi connectivity index (χ3v) is 3.41. The van der Waals surface area contributed by atoms with Crippen molar-refractivity contribution in [1.82, 2.24) is 10.3 Å². The maximum Gasteiger partial charge on any atom is 0.573 e. The molecule has 0 aliphatic rings. The van der Waals surface area contributed by atoms with Crippen LogP contribution in [0.2, 0.25) is 0 Å². The van der Waals surface area contributed by atoms with E-state index in [1.165, 1.54) is 23.5 Å². The second-order valence-corrected chi connectivity index (χ2v) is 5.10. The summed E-state index contributed by atoms with van der Waals surface area (Å²) >= 11 is 1.40. The molecule has 1 aromatic heterocycles. The van der Waals surface area contributed by atoms with Gasteiger partial charge in [-0.2, -0.15) is 0 Å². The van der Waals surface area contributed by atoms with E-state index in [0.717, 1.165) is 6.42 Å². The molecule has 7 heteroatoms. The Balaban J connectivity index is 2.35. The highest BCUT2D eigenvalue weighted by Crippen LogP contribution is 2.33. The highest BCUT2D eigenvalue weighted by Gasteiger charge is 2.33. The highest BCUT2D eigenvalue weighted by atomic mass is 32.1. The van der Waals surface area contributed by atoms with Crippen LogP contribution in [0, 0.1) is 0 Å². The van der Waals surface area contributed by atoms with Crippen molar-refractivity contribution in [3.05, 3.63) is 46.4 Å². The van der Waals surface area contributed by atoms with Crippen LogP contribution in [-0.2, 0) is 0 Å². The lowest BCUT2D eigenvalue weighted by atomic mass is 10.0. The fourth-order valence-corrected chi connectivity index (χ4v) is 2.54. The Hall–Kier alpha value is -1.60. The van der Waals surface area contributed by atoms with Crippen molar-refractivity contribution in [3.8, 4) is 5.75 Å². The second-order valence-electron chi connectivity index (χ2n) is 4.39. The molecule has 1 N–H and O–H groups in total. The quantitative estimate of drug-likeness (QED) is 0.870. The van der Waals surface area contributed by atoms with Crippen LogP contribution in [0.25, 0.3) is 0 Å².